The molecule has 10 nitrogen and oxygen atoms in total. The van der Waals surface area contributed by atoms with E-state index in [1.807, 2.05) is 39.3 Å². The summed E-state index contributed by atoms with van der Waals surface area (Å²) >= 11 is 0. The summed E-state index contributed by atoms with van der Waals surface area (Å²) in [5, 5.41) is 3.32. The summed E-state index contributed by atoms with van der Waals surface area (Å²) in [6, 6.07) is 0.769. The minimum atomic E-state index is -3.66. The molecule has 2 radical (unpaired) electrons. The lowest BCUT2D eigenvalue weighted by Crippen LogP contribution is -2.66. The van der Waals surface area contributed by atoms with Crippen LogP contribution >= 0.6 is 0 Å². The van der Waals surface area contributed by atoms with Crippen LogP contribution in [0.1, 0.15) is 6.42 Å². The predicted molar refractivity (Wildman–Crippen MR) is 148 cm³/mol. The molecular formula is C18H48BN3O7Si5. The summed E-state index contributed by atoms with van der Waals surface area (Å²) in [6.45, 7) is 18.6. The van der Waals surface area contributed by atoms with Crippen LogP contribution in [0.3, 0.4) is 0 Å². The third-order valence-corrected chi connectivity index (χ3v) is 22.2. The summed E-state index contributed by atoms with van der Waals surface area (Å²) in [4.78, 5) is 13.8. The van der Waals surface area contributed by atoms with Crippen molar-refractivity contribution in [1.29, 1.82) is 0 Å². The van der Waals surface area contributed by atoms with Crippen molar-refractivity contribution in [2.24, 2.45) is 5.73 Å². The Morgan fingerprint density at radius 1 is 0.941 bits per heavy atom. The Bertz CT molecular complexity index is 603. The molecule has 1 rings (SSSR count). The molecule has 0 amide bonds. The first-order chi connectivity index (χ1) is 15.5. The third kappa shape index (κ3) is 13.9. The van der Waals surface area contributed by atoms with Crippen LogP contribution in [0, 0.1) is 0 Å². The second-order valence-electron chi connectivity index (χ2n) is 10.4. The number of nitrogens with two attached hydrogens (primary N) is 1. The summed E-state index contributed by atoms with van der Waals surface area (Å²) in [5.41, 5.74) is 5.58. The standard InChI is InChI=1S/C18H48BN3O7Si5/c1-24-31(4,5)27-33(8,17-9-11-21-12-10-20)28-32(6,7)29-34(23,26-30(2,3)19)18-22-13-15-25-16-14-22/h21,23H,9-18,20H2,1-8H3. The van der Waals surface area contributed by atoms with Gasteiger partial charge in [-0.2, -0.15) is 0 Å². The number of ether oxygens (including phenoxy) is 1. The molecule has 0 aromatic carbocycles. The van der Waals surface area contributed by atoms with Gasteiger partial charge < -0.3 is 41.5 Å². The van der Waals surface area contributed by atoms with Crippen molar-refractivity contribution in [3.05, 3.63) is 0 Å². The number of hydrogen-bond donors (Lipinski definition) is 3. The van der Waals surface area contributed by atoms with Gasteiger partial charge in [0.05, 0.1) is 26.8 Å². The van der Waals surface area contributed by atoms with Crippen molar-refractivity contribution in [3.8, 4) is 0 Å². The van der Waals surface area contributed by atoms with E-state index in [0.29, 0.717) is 25.9 Å². The summed E-state index contributed by atoms with van der Waals surface area (Å²) in [5.74, 6) is 0. The van der Waals surface area contributed by atoms with Crippen molar-refractivity contribution < 1.29 is 30.4 Å². The fourth-order valence-electron chi connectivity index (χ4n) is 3.91. The molecule has 0 saturated carbocycles. The SMILES string of the molecule is [B][Si](C)(C)O[Si](O)(CN1CCOCC1)O[Si](C)(C)O[Si](C)(CCCNCCN)O[Si](C)(C)OC. The number of hydrogen-bond acceptors (Lipinski definition) is 10. The Hall–Kier alpha value is 0.749. The van der Waals surface area contributed by atoms with Crippen LogP contribution in [-0.4, -0.2) is 119 Å². The third-order valence-electron chi connectivity index (χ3n) is 5.08. The van der Waals surface area contributed by atoms with Gasteiger partial charge in [0.15, 0.2) is 0 Å². The Kier molecular flexibility index (Phi) is 13.5. The lowest BCUT2D eigenvalue weighted by molar-refractivity contribution is 0.0375. The smallest absolute Gasteiger partial charge is 0.424 e. The molecule has 1 saturated heterocycles. The van der Waals surface area contributed by atoms with E-state index in [1.165, 1.54) is 0 Å². The fraction of sp³-hybridized carbons (Fsp3) is 1.00. The quantitative estimate of drug-likeness (QED) is 0.171. The molecule has 34 heavy (non-hydrogen) atoms. The molecule has 1 fully saturated rings. The number of morpholine rings is 1. The number of nitrogens with one attached hydrogen (secondary N) is 1. The first kappa shape index (κ1) is 32.8. The van der Waals surface area contributed by atoms with E-state index >= 15 is 0 Å². The zero-order chi connectivity index (χ0) is 26.1. The predicted octanol–water partition coefficient (Wildman–Crippen LogP) is 0.786. The normalized spacial score (nSPS) is 20.2. The molecule has 4 N–H and O–H groups in total. The molecule has 2 atom stereocenters. The van der Waals surface area contributed by atoms with Gasteiger partial charge in [-0.15, -0.1) is 0 Å². The van der Waals surface area contributed by atoms with E-state index < -0.39 is 42.7 Å². The van der Waals surface area contributed by atoms with Crippen LogP contribution in [0.2, 0.25) is 51.9 Å². The van der Waals surface area contributed by atoms with Crippen molar-refractivity contribution in [2.75, 3.05) is 59.2 Å². The molecule has 1 aliphatic rings. The lowest BCUT2D eigenvalue weighted by atomic mass is 10.5. The topological polar surface area (TPSA) is 117 Å². The summed E-state index contributed by atoms with van der Waals surface area (Å²) in [6.07, 6.45) is 1.19. The van der Waals surface area contributed by atoms with E-state index in [9.17, 15) is 4.80 Å². The Morgan fingerprint density at radius 2 is 1.53 bits per heavy atom. The largest absolute Gasteiger partial charge is 0.493 e. The molecule has 1 heterocycles. The molecule has 0 spiro atoms. The van der Waals surface area contributed by atoms with Crippen LogP contribution in [0.25, 0.3) is 0 Å². The van der Waals surface area contributed by atoms with Crippen LogP contribution in [0.5, 0.6) is 0 Å². The van der Waals surface area contributed by atoms with Crippen molar-refractivity contribution in [1.82, 2.24) is 10.2 Å². The monoisotopic (exact) mass is 569 g/mol. The first-order valence-corrected chi connectivity index (χ1v) is 25.2. The second kappa shape index (κ2) is 14.1. The highest BCUT2D eigenvalue weighted by atomic mass is 28.5. The summed E-state index contributed by atoms with van der Waals surface area (Å²) < 4.78 is 37.0. The van der Waals surface area contributed by atoms with Crippen molar-refractivity contribution in [2.45, 2.75) is 58.3 Å². The van der Waals surface area contributed by atoms with Crippen LogP contribution in [-0.2, 0) is 25.6 Å². The van der Waals surface area contributed by atoms with Gasteiger partial charge >= 0.3 is 34.5 Å². The molecule has 2 unspecified atom stereocenters. The van der Waals surface area contributed by atoms with Gasteiger partial charge in [-0.1, -0.05) is 13.1 Å². The Labute approximate surface area is 213 Å². The Balaban J connectivity index is 3.01. The molecule has 0 bridgehead atoms. The van der Waals surface area contributed by atoms with E-state index in [2.05, 4.69) is 16.8 Å². The van der Waals surface area contributed by atoms with Gasteiger partial charge in [-0.25, -0.2) is 0 Å². The fourth-order valence-corrected chi connectivity index (χ4v) is 23.6. The van der Waals surface area contributed by atoms with E-state index in [0.717, 1.165) is 38.6 Å². The van der Waals surface area contributed by atoms with Gasteiger partial charge in [-0.3, -0.25) is 4.90 Å². The van der Waals surface area contributed by atoms with Gasteiger partial charge in [0, 0.05) is 33.3 Å². The zero-order valence-corrected chi connectivity index (χ0v) is 27.6. The number of rotatable bonds is 17. The average molecular weight is 570 g/mol. The van der Waals surface area contributed by atoms with Crippen LogP contribution in [0.15, 0.2) is 0 Å². The molecular weight excluding hydrogens is 521 g/mol. The lowest BCUT2D eigenvalue weighted by Gasteiger charge is -2.43. The van der Waals surface area contributed by atoms with Crippen molar-refractivity contribution in [3.63, 3.8) is 0 Å². The van der Waals surface area contributed by atoms with E-state index in [1.54, 1.807) is 7.11 Å². The molecule has 0 aromatic rings. The maximum Gasteiger partial charge on any atom is 0.493 e. The molecule has 200 valence electrons. The minimum absolute atomic E-state index is 0.310. The highest BCUT2D eigenvalue weighted by Gasteiger charge is 2.51. The molecule has 1 aliphatic heterocycles. The van der Waals surface area contributed by atoms with Gasteiger partial charge in [0.1, 0.15) is 8.19 Å². The Morgan fingerprint density at radius 3 is 2.06 bits per heavy atom. The zero-order valence-electron chi connectivity index (χ0n) is 22.6. The van der Waals surface area contributed by atoms with Gasteiger partial charge in [0.2, 0.25) is 0 Å². The number of nitrogens with zero attached hydrogens (tertiary/aromatic N) is 1. The maximum absolute atomic E-state index is 11.6. The molecule has 16 heteroatoms. The first-order valence-electron chi connectivity index (χ1n) is 12.1. The molecule has 0 aromatic heterocycles. The van der Waals surface area contributed by atoms with Crippen molar-refractivity contribution >= 4 is 50.1 Å². The van der Waals surface area contributed by atoms with Gasteiger partial charge in [-0.05, 0) is 51.7 Å². The van der Waals surface area contributed by atoms with E-state index in [-0.39, 0.29) is 0 Å². The molecule has 0 aliphatic carbocycles. The average Bonchev–Trinajstić information content (AvgIpc) is 2.65. The van der Waals surface area contributed by atoms with Gasteiger partial charge in [0.25, 0.3) is 0 Å². The highest BCUT2D eigenvalue weighted by Crippen LogP contribution is 2.28. The maximum atomic E-state index is 11.6. The highest BCUT2D eigenvalue weighted by molar-refractivity contribution is 7.14. The second-order valence-corrected chi connectivity index (χ2v) is 27.4. The van der Waals surface area contributed by atoms with E-state index in [4.69, 9.17) is 38.8 Å². The summed E-state index contributed by atoms with van der Waals surface area (Å²) in [7, 11) is -6.24. The van der Waals surface area contributed by atoms with Crippen LogP contribution in [0.4, 0.5) is 0 Å². The minimum Gasteiger partial charge on any atom is -0.424 e. The van der Waals surface area contributed by atoms with Crippen LogP contribution < -0.4 is 11.1 Å².